The molecule has 58 valence electrons. The Morgan fingerprint density at radius 2 is 2.45 bits per heavy atom. The molecular weight excluding hydrogens is 144 g/mol. The molecule has 0 unspecified atom stereocenters. The maximum Gasteiger partial charge on any atom is 0.194 e. The largest absolute Gasteiger partial charge is 0.395 e. The van der Waals surface area contributed by atoms with Gasteiger partial charge in [0.15, 0.2) is 5.65 Å². The van der Waals surface area contributed by atoms with Gasteiger partial charge in [-0.3, -0.25) is 0 Å². The summed E-state index contributed by atoms with van der Waals surface area (Å²) in [6, 6.07) is 1.84. The van der Waals surface area contributed by atoms with E-state index in [1.165, 1.54) is 4.85 Å². The van der Waals surface area contributed by atoms with E-state index < -0.39 is 0 Å². The van der Waals surface area contributed by atoms with Crippen LogP contribution in [0.25, 0.3) is 5.65 Å². The van der Waals surface area contributed by atoms with Gasteiger partial charge in [-0.25, -0.2) is 0 Å². The van der Waals surface area contributed by atoms with Gasteiger partial charge in [-0.2, -0.15) is 9.61 Å². The first-order valence-electron chi connectivity index (χ1n) is 3.42. The van der Waals surface area contributed by atoms with Gasteiger partial charge in [-0.15, -0.1) is 5.10 Å². The molecule has 2 rings (SSSR count). The van der Waals surface area contributed by atoms with Crippen LogP contribution >= 0.6 is 0 Å². The lowest BCUT2D eigenvalue weighted by Gasteiger charge is -1.98. The fourth-order valence-corrected chi connectivity index (χ4v) is 0.924. The van der Waals surface area contributed by atoms with Crippen LogP contribution in [0.4, 0.5) is 0 Å². The Labute approximate surface area is 63.1 Å². The zero-order valence-corrected chi connectivity index (χ0v) is 6.14. The first-order chi connectivity index (χ1) is 5.42. The zero-order valence-electron chi connectivity index (χ0n) is 6.14. The molecule has 0 N–H and O–H groups in total. The number of rotatable bonds is 2. The van der Waals surface area contributed by atoms with E-state index in [2.05, 4.69) is 10.2 Å². The Morgan fingerprint density at radius 1 is 1.55 bits per heavy atom. The van der Waals surface area contributed by atoms with E-state index >= 15 is 0 Å². The summed E-state index contributed by atoms with van der Waals surface area (Å²) >= 11 is 0. The van der Waals surface area contributed by atoms with Crippen LogP contribution in [-0.4, -0.2) is 26.2 Å². The van der Waals surface area contributed by atoms with E-state index in [-0.39, 0.29) is 0 Å². The molecule has 5 nitrogen and oxygen atoms in total. The van der Waals surface area contributed by atoms with Crippen LogP contribution in [0.5, 0.6) is 0 Å². The molecule has 0 fully saturated rings. The van der Waals surface area contributed by atoms with Crippen molar-refractivity contribution in [3.05, 3.63) is 18.6 Å². The van der Waals surface area contributed by atoms with Crippen molar-refractivity contribution >= 4 is 5.65 Å². The quantitative estimate of drug-likeness (QED) is 0.607. The van der Waals surface area contributed by atoms with Gasteiger partial charge >= 0.3 is 0 Å². The van der Waals surface area contributed by atoms with Gasteiger partial charge in [0, 0.05) is 6.07 Å². The van der Waals surface area contributed by atoms with Gasteiger partial charge < -0.3 is 4.84 Å². The van der Waals surface area contributed by atoms with Crippen LogP contribution in [-0.2, 0) is 0 Å². The van der Waals surface area contributed by atoms with Crippen LogP contribution in [0.15, 0.2) is 18.6 Å². The minimum Gasteiger partial charge on any atom is -0.395 e. The lowest BCUT2D eigenvalue weighted by Crippen LogP contribution is -2.11. The van der Waals surface area contributed by atoms with E-state index in [0.29, 0.717) is 6.61 Å². The van der Waals surface area contributed by atoms with Gasteiger partial charge in [0.2, 0.25) is 0 Å². The molecule has 5 heteroatoms. The van der Waals surface area contributed by atoms with Crippen LogP contribution in [0, 0.1) is 0 Å². The Kier molecular flexibility index (Phi) is 1.28. The van der Waals surface area contributed by atoms with Crippen molar-refractivity contribution in [2.45, 2.75) is 6.92 Å². The third kappa shape index (κ3) is 0.849. The molecule has 0 spiro atoms. The second-order valence-electron chi connectivity index (χ2n) is 2.06. The van der Waals surface area contributed by atoms with Gasteiger partial charge in [-0.1, -0.05) is 4.85 Å². The molecule has 0 saturated heterocycles. The number of hydrogen-bond donors (Lipinski definition) is 0. The lowest BCUT2D eigenvalue weighted by molar-refractivity contribution is 0.102. The molecule has 0 aliphatic heterocycles. The summed E-state index contributed by atoms with van der Waals surface area (Å²) in [5.74, 6) is 0. The van der Waals surface area contributed by atoms with E-state index in [0.717, 1.165) is 5.65 Å². The van der Waals surface area contributed by atoms with Gasteiger partial charge in [0.05, 0.1) is 6.20 Å². The summed E-state index contributed by atoms with van der Waals surface area (Å²) < 4.78 is 1.65. The molecule has 0 aliphatic rings. The second kappa shape index (κ2) is 2.26. The molecule has 0 radical (unpaired) electrons. The van der Waals surface area contributed by atoms with Crippen LogP contribution < -0.4 is 4.84 Å². The predicted molar refractivity (Wildman–Crippen MR) is 38.1 cm³/mol. The van der Waals surface area contributed by atoms with Crippen molar-refractivity contribution in [1.29, 1.82) is 0 Å². The van der Waals surface area contributed by atoms with E-state index in [1.807, 2.05) is 13.0 Å². The molecular formula is C6H8N4O. The van der Waals surface area contributed by atoms with Crippen molar-refractivity contribution < 1.29 is 4.84 Å². The summed E-state index contributed by atoms with van der Waals surface area (Å²) in [6.45, 7) is 2.51. The van der Waals surface area contributed by atoms with E-state index in [4.69, 9.17) is 4.84 Å². The summed E-state index contributed by atoms with van der Waals surface area (Å²) in [6.07, 6.45) is 3.30. The first kappa shape index (κ1) is 6.21. The number of nitrogens with zero attached hydrogens (tertiary/aromatic N) is 4. The first-order valence-corrected chi connectivity index (χ1v) is 3.42. The molecule has 0 atom stereocenters. The standard InChI is InChI=1S/C6H8N4O/c1-2-11-10-6-3-4-7-9(6)5-8-10/h3-5H,2H2,1H3. The predicted octanol–water partition coefficient (Wildman–Crippen LogP) is -0.0207. The smallest absolute Gasteiger partial charge is 0.194 e. The highest BCUT2D eigenvalue weighted by Crippen LogP contribution is 1.97. The molecule has 0 aliphatic carbocycles. The molecule has 11 heavy (non-hydrogen) atoms. The minimum atomic E-state index is 0.600. The lowest BCUT2D eigenvalue weighted by atomic mass is 10.7. The molecule has 0 saturated carbocycles. The molecule has 2 aromatic heterocycles. The average molecular weight is 152 g/mol. The molecule has 0 aromatic carbocycles. The Morgan fingerprint density at radius 3 is 3.27 bits per heavy atom. The number of aromatic nitrogens is 4. The van der Waals surface area contributed by atoms with E-state index in [9.17, 15) is 0 Å². The van der Waals surface area contributed by atoms with Crippen molar-refractivity contribution in [2.24, 2.45) is 0 Å². The summed E-state index contributed by atoms with van der Waals surface area (Å²) in [5, 5.41) is 7.91. The second-order valence-corrected chi connectivity index (χ2v) is 2.06. The highest BCUT2D eigenvalue weighted by atomic mass is 16.7. The molecule has 2 heterocycles. The molecule has 0 amide bonds. The van der Waals surface area contributed by atoms with Crippen LogP contribution in [0.1, 0.15) is 6.92 Å². The monoisotopic (exact) mass is 152 g/mol. The fourth-order valence-electron chi connectivity index (χ4n) is 0.924. The summed E-state index contributed by atoms with van der Waals surface area (Å²) in [4.78, 5) is 6.61. The van der Waals surface area contributed by atoms with Crippen LogP contribution in [0.3, 0.4) is 0 Å². The fraction of sp³-hybridized carbons (Fsp3) is 0.333. The van der Waals surface area contributed by atoms with Crippen molar-refractivity contribution in [1.82, 2.24) is 19.6 Å². The maximum absolute atomic E-state index is 5.16. The highest BCUT2D eigenvalue weighted by molar-refractivity contribution is 5.34. The maximum atomic E-state index is 5.16. The van der Waals surface area contributed by atoms with Gasteiger partial charge in [0.25, 0.3) is 0 Å². The average Bonchev–Trinajstić information content (AvgIpc) is 2.53. The van der Waals surface area contributed by atoms with Crippen molar-refractivity contribution in [2.75, 3.05) is 6.61 Å². The number of hydrogen-bond acceptors (Lipinski definition) is 3. The van der Waals surface area contributed by atoms with Crippen LogP contribution in [0.2, 0.25) is 0 Å². The highest BCUT2D eigenvalue weighted by Gasteiger charge is 2.00. The van der Waals surface area contributed by atoms with Crippen molar-refractivity contribution in [3.63, 3.8) is 0 Å². The Hall–Kier alpha value is -1.52. The summed E-state index contributed by atoms with van der Waals surface area (Å²) in [5.41, 5.74) is 0.840. The zero-order chi connectivity index (χ0) is 7.68. The number of fused-ring (bicyclic) bond motifs is 1. The van der Waals surface area contributed by atoms with Gasteiger partial charge in [-0.05, 0) is 6.92 Å². The minimum absolute atomic E-state index is 0.600. The van der Waals surface area contributed by atoms with Gasteiger partial charge in [0.1, 0.15) is 12.9 Å². The summed E-state index contributed by atoms with van der Waals surface area (Å²) in [7, 11) is 0. The Balaban J connectivity index is 2.51. The third-order valence-corrected chi connectivity index (χ3v) is 1.36. The SMILES string of the molecule is CCOn1ncn2nccc12. The molecule has 0 bridgehead atoms. The Bertz CT molecular complexity index is 350. The van der Waals surface area contributed by atoms with Crippen molar-refractivity contribution in [3.8, 4) is 0 Å². The topological polar surface area (TPSA) is 44.4 Å². The molecule has 2 aromatic rings. The third-order valence-electron chi connectivity index (χ3n) is 1.36. The normalized spacial score (nSPS) is 10.6. The van der Waals surface area contributed by atoms with E-state index in [1.54, 1.807) is 17.0 Å².